The molecule has 0 saturated carbocycles. The molecule has 0 fully saturated rings. The van der Waals surface area contributed by atoms with Crippen LogP contribution in [0.2, 0.25) is 0 Å². The van der Waals surface area contributed by atoms with Crippen LogP contribution in [0, 0.1) is 0 Å². The van der Waals surface area contributed by atoms with Crippen molar-refractivity contribution in [2.75, 3.05) is 19.5 Å². The molecule has 2 aromatic carbocycles. The summed E-state index contributed by atoms with van der Waals surface area (Å²) in [6.45, 7) is -2.97. The summed E-state index contributed by atoms with van der Waals surface area (Å²) >= 11 is 0. The number of anilines is 1. The molecule has 0 unspecified atom stereocenters. The van der Waals surface area contributed by atoms with Gasteiger partial charge >= 0.3 is 6.61 Å². The van der Waals surface area contributed by atoms with E-state index in [-0.39, 0.29) is 11.4 Å². The third-order valence-electron chi connectivity index (χ3n) is 3.16. The predicted octanol–water partition coefficient (Wildman–Crippen LogP) is 3.96. The highest BCUT2D eigenvalue weighted by atomic mass is 19.3. The Labute approximate surface area is 143 Å². The molecule has 0 spiro atoms. The van der Waals surface area contributed by atoms with E-state index < -0.39 is 12.5 Å². The van der Waals surface area contributed by atoms with Gasteiger partial charge in [0, 0.05) is 12.1 Å². The highest BCUT2D eigenvalue weighted by molar-refractivity contribution is 6.02. The number of hydrogen-bond acceptors (Lipinski definition) is 4. The Kier molecular flexibility index (Phi) is 6.33. The summed E-state index contributed by atoms with van der Waals surface area (Å²) in [6.07, 6.45) is 2.82. The number of ether oxygens (including phenoxy) is 3. The van der Waals surface area contributed by atoms with Crippen molar-refractivity contribution in [1.29, 1.82) is 0 Å². The molecule has 0 heterocycles. The van der Waals surface area contributed by atoms with Crippen molar-refractivity contribution in [1.82, 2.24) is 0 Å². The van der Waals surface area contributed by atoms with Gasteiger partial charge in [-0.25, -0.2) is 0 Å². The van der Waals surface area contributed by atoms with Crippen LogP contribution in [0.4, 0.5) is 14.5 Å². The van der Waals surface area contributed by atoms with Crippen LogP contribution in [-0.4, -0.2) is 26.7 Å². The second-order valence-corrected chi connectivity index (χ2v) is 4.84. The van der Waals surface area contributed by atoms with Crippen LogP contribution < -0.4 is 19.5 Å². The first kappa shape index (κ1) is 18.3. The molecule has 5 nitrogen and oxygen atoms in total. The molecule has 0 aliphatic heterocycles. The lowest BCUT2D eigenvalue weighted by Gasteiger charge is -2.10. The molecule has 132 valence electrons. The number of carbonyl (C=O) groups is 1. The van der Waals surface area contributed by atoms with Crippen LogP contribution in [0.5, 0.6) is 17.2 Å². The Morgan fingerprint density at radius 3 is 2.32 bits per heavy atom. The number of methoxy groups -OCH3 is 2. The van der Waals surface area contributed by atoms with Crippen LogP contribution in [0.1, 0.15) is 5.56 Å². The molecule has 1 amide bonds. The summed E-state index contributed by atoms with van der Waals surface area (Å²) in [4.78, 5) is 12.0. The first-order chi connectivity index (χ1) is 12.0. The van der Waals surface area contributed by atoms with Crippen molar-refractivity contribution < 1.29 is 27.8 Å². The van der Waals surface area contributed by atoms with E-state index in [9.17, 15) is 13.6 Å². The molecule has 2 rings (SSSR count). The van der Waals surface area contributed by atoms with E-state index in [0.717, 1.165) is 0 Å². The lowest BCUT2D eigenvalue weighted by molar-refractivity contribution is -0.111. The Bertz CT molecular complexity index is 740. The first-order valence-electron chi connectivity index (χ1n) is 7.28. The number of carbonyl (C=O) groups excluding carboxylic acids is 1. The van der Waals surface area contributed by atoms with Gasteiger partial charge in [0.15, 0.2) is 0 Å². The zero-order valence-corrected chi connectivity index (χ0v) is 13.7. The van der Waals surface area contributed by atoms with E-state index in [4.69, 9.17) is 9.47 Å². The van der Waals surface area contributed by atoms with Crippen LogP contribution in [0.15, 0.2) is 48.5 Å². The van der Waals surface area contributed by atoms with E-state index in [0.29, 0.717) is 17.1 Å². The van der Waals surface area contributed by atoms with Gasteiger partial charge in [-0.15, -0.1) is 0 Å². The van der Waals surface area contributed by atoms with Crippen molar-refractivity contribution in [2.45, 2.75) is 6.61 Å². The number of benzene rings is 2. The fourth-order valence-electron chi connectivity index (χ4n) is 2.04. The lowest BCUT2D eigenvalue weighted by Crippen LogP contribution is -2.11. The molecular formula is C18H17F2NO4. The van der Waals surface area contributed by atoms with Gasteiger partial charge < -0.3 is 19.5 Å². The Morgan fingerprint density at radius 2 is 1.72 bits per heavy atom. The quantitative estimate of drug-likeness (QED) is 0.769. The largest absolute Gasteiger partial charge is 0.497 e. The van der Waals surface area contributed by atoms with Crippen LogP contribution in [0.25, 0.3) is 6.08 Å². The van der Waals surface area contributed by atoms with Gasteiger partial charge in [-0.1, -0.05) is 12.1 Å². The third kappa shape index (κ3) is 5.49. The molecule has 0 aromatic heterocycles. The Morgan fingerprint density at radius 1 is 1.08 bits per heavy atom. The molecular weight excluding hydrogens is 332 g/mol. The van der Waals surface area contributed by atoms with Crippen molar-refractivity contribution in [3.05, 3.63) is 54.1 Å². The minimum atomic E-state index is -2.97. The maximum absolute atomic E-state index is 12.4. The Hall–Kier alpha value is -3.09. The highest BCUT2D eigenvalue weighted by Crippen LogP contribution is 2.26. The number of halogens is 2. The van der Waals surface area contributed by atoms with E-state index in [1.165, 1.54) is 38.5 Å². The normalized spacial score (nSPS) is 10.8. The lowest BCUT2D eigenvalue weighted by atomic mass is 10.2. The fourth-order valence-corrected chi connectivity index (χ4v) is 2.04. The van der Waals surface area contributed by atoms with Crippen LogP contribution in [0.3, 0.4) is 0 Å². The summed E-state index contributed by atoms with van der Waals surface area (Å²) in [5.74, 6) is 0.555. The van der Waals surface area contributed by atoms with Gasteiger partial charge in [0.05, 0.1) is 19.9 Å². The number of alkyl halides is 2. The molecule has 0 aliphatic rings. The molecule has 7 heteroatoms. The summed E-state index contributed by atoms with van der Waals surface area (Å²) in [7, 11) is 3.05. The van der Waals surface area contributed by atoms with Gasteiger partial charge in [-0.05, 0) is 35.9 Å². The minimum Gasteiger partial charge on any atom is -0.497 e. The zero-order chi connectivity index (χ0) is 18.2. The van der Waals surface area contributed by atoms with Crippen LogP contribution >= 0.6 is 0 Å². The molecule has 0 radical (unpaired) electrons. The topological polar surface area (TPSA) is 56.8 Å². The first-order valence-corrected chi connectivity index (χ1v) is 7.28. The summed E-state index contributed by atoms with van der Waals surface area (Å²) < 4.78 is 39.4. The molecule has 0 bridgehead atoms. The summed E-state index contributed by atoms with van der Waals surface area (Å²) in [5.41, 5.74) is 0.837. The van der Waals surface area contributed by atoms with E-state index in [2.05, 4.69) is 10.1 Å². The summed E-state index contributed by atoms with van der Waals surface area (Å²) in [5, 5.41) is 2.50. The molecule has 2 aromatic rings. The van der Waals surface area contributed by atoms with E-state index in [1.54, 1.807) is 30.3 Å². The number of para-hydroxylation sites is 2. The predicted molar refractivity (Wildman–Crippen MR) is 90.3 cm³/mol. The number of amides is 1. The molecule has 0 atom stereocenters. The van der Waals surface area contributed by atoms with Gasteiger partial charge in [-0.2, -0.15) is 8.78 Å². The van der Waals surface area contributed by atoms with Crippen molar-refractivity contribution in [3.63, 3.8) is 0 Å². The zero-order valence-electron chi connectivity index (χ0n) is 13.7. The second kappa shape index (κ2) is 8.68. The van der Waals surface area contributed by atoms with Crippen LogP contribution in [-0.2, 0) is 4.79 Å². The van der Waals surface area contributed by atoms with Crippen molar-refractivity contribution in [2.24, 2.45) is 0 Å². The van der Waals surface area contributed by atoms with Crippen molar-refractivity contribution >= 4 is 17.7 Å². The minimum absolute atomic E-state index is 0.109. The average molecular weight is 349 g/mol. The SMILES string of the molecule is COc1cc(C=CC(=O)Nc2ccccc2OC(F)F)cc(OC)c1. The monoisotopic (exact) mass is 349 g/mol. The van der Waals surface area contributed by atoms with E-state index >= 15 is 0 Å². The standard InChI is InChI=1S/C18H17F2NO4/c1-23-13-9-12(10-14(11-13)24-2)7-8-17(22)21-15-5-3-4-6-16(15)25-18(19)20/h3-11,18H,1-2H3,(H,21,22). The smallest absolute Gasteiger partial charge is 0.387 e. The van der Waals surface area contributed by atoms with Gasteiger partial charge in [0.2, 0.25) is 5.91 Å². The number of rotatable bonds is 7. The maximum Gasteiger partial charge on any atom is 0.387 e. The Balaban J connectivity index is 2.11. The molecule has 0 saturated heterocycles. The molecule has 1 N–H and O–H groups in total. The second-order valence-electron chi connectivity index (χ2n) is 4.84. The van der Waals surface area contributed by atoms with E-state index in [1.807, 2.05) is 0 Å². The highest BCUT2D eigenvalue weighted by Gasteiger charge is 2.10. The maximum atomic E-state index is 12.4. The fraction of sp³-hybridized carbons (Fsp3) is 0.167. The third-order valence-corrected chi connectivity index (χ3v) is 3.16. The number of nitrogens with one attached hydrogen (secondary N) is 1. The molecule has 0 aliphatic carbocycles. The number of hydrogen-bond donors (Lipinski definition) is 1. The average Bonchev–Trinajstić information content (AvgIpc) is 2.61. The van der Waals surface area contributed by atoms with Gasteiger partial charge in [0.1, 0.15) is 17.2 Å². The van der Waals surface area contributed by atoms with Crippen molar-refractivity contribution in [3.8, 4) is 17.2 Å². The van der Waals surface area contributed by atoms with Gasteiger partial charge in [-0.3, -0.25) is 4.79 Å². The molecule has 25 heavy (non-hydrogen) atoms. The van der Waals surface area contributed by atoms with Gasteiger partial charge in [0.25, 0.3) is 0 Å². The summed E-state index contributed by atoms with van der Waals surface area (Å²) in [6, 6.07) is 11.1.